The molecular formula is C20H27N5O3. The zero-order valence-corrected chi connectivity index (χ0v) is 16.3. The van der Waals surface area contributed by atoms with Crippen molar-refractivity contribution in [3.8, 4) is 0 Å². The van der Waals surface area contributed by atoms with E-state index in [1.165, 1.54) is 0 Å². The summed E-state index contributed by atoms with van der Waals surface area (Å²) in [5, 5.41) is 4.14. The van der Waals surface area contributed by atoms with Crippen LogP contribution in [0.2, 0.25) is 0 Å². The molecule has 2 aliphatic rings. The summed E-state index contributed by atoms with van der Waals surface area (Å²) >= 11 is 0. The Morgan fingerprint density at radius 2 is 2.07 bits per heavy atom. The van der Waals surface area contributed by atoms with E-state index in [1.54, 1.807) is 30.5 Å². The summed E-state index contributed by atoms with van der Waals surface area (Å²) in [6.45, 7) is 4.25. The highest BCUT2D eigenvalue weighted by atomic mass is 16.5. The Hall–Kier alpha value is -2.32. The molecule has 0 N–H and O–H groups in total. The Balaban J connectivity index is 1.34. The van der Waals surface area contributed by atoms with Gasteiger partial charge in [0.15, 0.2) is 0 Å². The second-order valence-corrected chi connectivity index (χ2v) is 7.79. The minimum absolute atomic E-state index is 0.0759. The molecule has 150 valence electrons. The van der Waals surface area contributed by atoms with Crippen LogP contribution in [0.25, 0.3) is 0 Å². The third-order valence-electron chi connectivity index (χ3n) is 6.10. The van der Waals surface area contributed by atoms with Crippen LogP contribution >= 0.6 is 0 Å². The summed E-state index contributed by atoms with van der Waals surface area (Å²) in [7, 11) is 1.77. The Bertz CT molecular complexity index is 786. The van der Waals surface area contributed by atoms with Gasteiger partial charge in [-0.25, -0.2) is 4.98 Å². The Morgan fingerprint density at radius 1 is 1.29 bits per heavy atom. The molecule has 2 saturated heterocycles. The monoisotopic (exact) mass is 385 g/mol. The van der Waals surface area contributed by atoms with E-state index in [0.29, 0.717) is 19.1 Å². The van der Waals surface area contributed by atoms with Crippen LogP contribution in [-0.4, -0.2) is 63.5 Å². The average molecular weight is 385 g/mol. The first-order valence-electron chi connectivity index (χ1n) is 9.86. The number of piperidine rings is 1. The maximum atomic E-state index is 12.6. The molecule has 8 nitrogen and oxygen atoms in total. The minimum Gasteiger partial charge on any atom is -0.381 e. The summed E-state index contributed by atoms with van der Waals surface area (Å²) in [6.07, 6.45) is 8.10. The van der Waals surface area contributed by atoms with E-state index in [0.717, 1.165) is 51.1 Å². The molecule has 2 fully saturated rings. The topological polar surface area (TPSA) is 82.4 Å². The van der Waals surface area contributed by atoms with Crippen LogP contribution in [-0.2, 0) is 23.1 Å². The molecule has 1 amide bonds. The van der Waals surface area contributed by atoms with E-state index in [9.17, 15) is 4.79 Å². The van der Waals surface area contributed by atoms with E-state index in [1.807, 2.05) is 17.0 Å². The number of rotatable bonds is 5. The van der Waals surface area contributed by atoms with Crippen molar-refractivity contribution >= 4 is 5.91 Å². The highest BCUT2D eigenvalue weighted by Crippen LogP contribution is 2.45. The number of nitrogens with zero attached hydrogens (tertiary/aromatic N) is 5. The van der Waals surface area contributed by atoms with Crippen LogP contribution in [0.15, 0.2) is 30.9 Å². The molecule has 2 aromatic heterocycles. The predicted octanol–water partition coefficient (Wildman–Crippen LogP) is 1.69. The number of aromatic nitrogens is 4. The lowest BCUT2D eigenvalue weighted by molar-refractivity contribution is -0.0990. The quantitative estimate of drug-likeness (QED) is 0.779. The fourth-order valence-electron chi connectivity index (χ4n) is 4.30. The van der Waals surface area contributed by atoms with Crippen molar-refractivity contribution in [1.82, 2.24) is 24.6 Å². The number of carbonyl (C=O) groups is 1. The van der Waals surface area contributed by atoms with Gasteiger partial charge in [0, 0.05) is 45.1 Å². The van der Waals surface area contributed by atoms with Gasteiger partial charge < -0.3 is 14.4 Å². The lowest BCUT2D eigenvalue weighted by atomic mass is 9.66. The second kappa shape index (κ2) is 8.36. The molecule has 0 aromatic carbocycles. The fraction of sp³-hybridized carbons (Fsp3) is 0.600. The van der Waals surface area contributed by atoms with Crippen molar-refractivity contribution in [2.75, 3.05) is 32.9 Å². The van der Waals surface area contributed by atoms with E-state index in [-0.39, 0.29) is 17.1 Å². The third-order valence-corrected chi connectivity index (χ3v) is 6.10. The molecule has 0 unspecified atom stereocenters. The van der Waals surface area contributed by atoms with Crippen LogP contribution < -0.4 is 0 Å². The average Bonchev–Trinajstić information content (AvgIpc) is 3.17. The number of pyridine rings is 1. The number of hydrogen-bond donors (Lipinski definition) is 0. The van der Waals surface area contributed by atoms with Crippen molar-refractivity contribution in [2.24, 2.45) is 18.4 Å². The van der Waals surface area contributed by atoms with E-state index in [2.05, 4.69) is 15.1 Å². The summed E-state index contributed by atoms with van der Waals surface area (Å²) in [5.74, 6) is 0.559. The molecule has 0 bridgehead atoms. The molecule has 4 heterocycles. The van der Waals surface area contributed by atoms with Gasteiger partial charge in [-0.3, -0.25) is 14.5 Å². The van der Waals surface area contributed by atoms with Crippen molar-refractivity contribution in [3.05, 3.63) is 42.2 Å². The number of ether oxygens (including phenoxy) is 2. The van der Waals surface area contributed by atoms with Gasteiger partial charge in [0.1, 0.15) is 6.33 Å². The lowest BCUT2D eigenvalue weighted by Gasteiger charge is -2.48. The number of amides is 1. The molecule has 28 heavy (non-hydrogen) atoms. The third kappa shape index (κ3) is 4.07. The molecule has 1 atom stereocenters. The summed E-state index contributed by atoms with van der Waals surface area (Å²) < 4.78 is 13.4. The molecule has 0 radical (unpaired) electrons. The smallest absolute Gasteiger partial charge is 0.293 e. The summed E-state index contributed by atoms with van der Waals surface area (Å²) in [5.41, 5.74) is 1.31. The predicted molar refractivity (Wildman–Crippen MR) is 101 cm³/mol. The number of likely N-dealkylation sites (tertiary alicyclic amines) is 1. The van der Waals surface area contributed by atoms with Crippen LogP contribution in [0.5, 0.6) is 0 Å². The summed E-state index contributed by atoms with van der Waals surface area (Å²) in [6, 6.07) is 3.95. The Labute approximate surface area is 164 Å². The molecule has 0 saturated carbocycles. The first kappa shape index (κ1) is 19.0. The summed E-state index contributed by atoms with van der Waals surface area (Å²) in [4.78, 5) is 22.6. The minimum atomic E-state index is -0.0759. The molecule has 0 aliphatic carbocycles. The van der Waals surface area contributed by atoms with Crippen LogP contribution in [0, 0.1) is 11.3 Å². The molecule has 8 heteroatoms. The van der Waals surface area contributed by atoms with Crippen molar-refractivity contribution < 1.29 is 14.3 Å². The normalized spacial score (nSPS) is 21.8. The molecular weight excluding hydrogens is 358 g/mol. The maximum absolute atomic E-state index is 12.6. The van der Waals surface area contributed by atoms with E-state index in [4.69, 9.17) is 9.47 Å². The van der Waals surface area contributed by atoms with Gasteiger partial charge in [-0.15, -0.1) is 5.10 Å². The van der Waals surface area contributed by atoms with Crippen molar-refractivity contribution in [2.45, 2.75) is 25.9 Å². The first-order chi connectivity index (χ1) is 13.7. The largest absolute Gasteiger partial charge is 0.381 e. The number of aryl methyl sites for hydroxylation is 1. The highest BCUT2D eigenvalue weighted by Gasteiger charge is 2.44. The maximum Gasteiger partial charge on any atom is 0.293 e. The SMILES string of the molecule is Cn1cnc(C(=O)N2CCC3(CCOC[C@@H]3COCc3ccncc3)CC2)n1. The van der Waals surface area contributed by atoms with E-state index < -0.39 is 0 Å². The number of carbonyl (C=O) groups excluding carboxylic acids is 1. The Morgan fingerprint density at radius 3 is 2.79 bits per heavy atom. The van der Waals surface area contributed by atoms with Crippen molar-refractivity contribution in [3.63, 3.8) is 0 Å². The molecule has 1 spiro atoms. The van der Waals surface area contributed by atoms with Gasteiger partial charge >= 0.3 is 0 Å². The number of hydrogen-bond acceptors (Lipinski definition) is 6. The second-order valence-electron chi connectivity index (χ2n) is 7.79. The lowest BCUT2D eigenvalue weighted by Crippen LogP contribution is -2.50. The molecule has 2 aromatic rings. The van der Waals surface area contributed by atoms with Gasteiger partial charge in [-0.2, -0.15) is 0 Å². The van der Waals surface area contributed by atoms with Gasteiger partial charge in [0.2, 0.25) is 5.82 Å². The highest BCUT2D eigenvalue weighted by molar-refractivity contribution is 5.90. The molecule has 2 aliphatic heterocycles. The standard InChI is InChI=1S/C20H27N5O3/c1-24-15-22-18(23-24)19(26)25-9-4-20(5-10-25)6-11-27-13-17(20)14-28-12-16-2-7-21-8-3-16/h2-3,7-8,15,17H,4-6,9-14H2,1H3/t17-/m1/s1. The van der Waals surface area contributed by atoms with E-state index >= 15 is 0 Å². The van der Waals surface area contributed by atoms with Crippen LogP contribution in [0.4, 0.5) is 0 Å². The van der Waals surface area contributed by atoms with Crippen LogP contribution in [0.3, 0.4) is 0 Å². The first-order valence-corrected chi connectivity index (χ1v) is 9.86. The van der Waals surface area contributed by atoms with Gasteiger partial charge in [-0.1, -0.05) is 0 Å². The van der Waals surface area contributed by atoms with Gasteiger partial charge in [-0.05, 0) is 42.4 Å². The van der Waals surface area contributed by atoms with Crippen molar-refractivity contribution in [1.29, 1.82) is 0 Å². The van der Waals surface area contributed by atoms with Crippen LogP contribution in [0.1, 0.15) is 35.4 Å². The Kier molecular flexibility index (Phi) is 5.68. The molecule has 4 rings (SSSR count). The van der Waals surface area contributed by atoms with Gasteiger partial charge in [0.05, 0.1) is 19.8 Å². The fourth-order valence-corrected chi connectivity index (χ4v) is 4.30. The van der Waals surface area contributed by atoms with Gasteiger partial charge in [0.25, 0.3) is 5.91 Å². The zero-order chi connectivity index (χ0) is 19.4. The zero-order valence-electron chi connectivity index (χ0n) is 16.3.